The number of hydrogen-bond acceptors (Lipinski definition) is 2. The number of nitrogens with one attached hydrogen (secondary N) is 1. The molecular formula is C16H12BrClN2. The van der Waals surface area contributed by atoms with Crippen LogP contribution in [0.4, 0.5) is 5.69 Å². The topological polar surface area (TPSA) is 24.9 Å². The number of halogens is 2. The number of aromatic nitrogens is 1. The van der Waals surface area contributed by atoms with Crippen LogP contribution in [0.15, 0.2) is 59.3 Å². The molecule has 0 saturated heterocycles. The Morgan fingerprint density at radius 3 is 2.80 bits per heavy atom. The fourth-order valence-corrected chi connectivity index (χ4v) is 2.73. The SMILES string of the molecule is Clc1cccc(NCc2cncc3ccccc23)c1Br. The zero-order valence-corrected chi connectivity index (χ0v) is 12.9. The van der Waals surface area contributed by atoms with E-state index in [4.69, 9.17) is 11.6 Å². The molecule has 0 radical (unpaired) electrons. The quantitative estimate of drug-likeness (QED) is 0.699. The first kappa shape index (κ1) is 13.4. The van der Waals surface area contributed by atoms with E-state index in [0.29, 0.717) is 11.6 Å². The highest BCUT2D eigenvalue weighted by molar-refractivity contribution is 9.10. The van der Waals surface area contributed by atoms with Crippen molar-refractivity contribution in [1.82, 2.24) is 4.98 Å². The summed E-state index contributed by atoms with van der Waals surface area (Å²) in [5.41, 5.74) is 2.14. The zero-order valence-electron chi connectivity index (χ0n) is 10.6. The molecule has 0 aliphatic heterocycles. The van der Waals surface area contributed by atoms with Crippen LogP contribution >= 0.6 is 27.5 Å². The molecule has 0 aliphatic carbocycles. The number of fused-ring (bicyclic) bond motifs is 1. The Morgan fingerprint density at radius 1 is 1.05 bits per heavy atom. The Kier molecular flexibility index (Phi) is 3.90. The standard InChI is InChI=1S/C16H12BrClN2/c17-16-14(18)6-3-7-15(16)20-10-12-9-19-8-11-4-1-2-5-13(11)12/h1-9,20H,10H2. The molecule has 2 aromatic carbocycles. The maximum absolute atomic E-state index is 6.09. The fraction of sp³-hybridized carbons (Fsp3) is 0.0625. The third-order valence-electron chi connectivity index (χ3n) is 3.17. The van der Waals surface area contributed by atoms with Crippen LogP contribution in [-0.4, -0.2) is 4.98 Å². The van der Waals surface area contributed by atoms with Gasteiger partial charge in [-0.2, -0.15) is 0 Å². The van der Waals surface area contributed by atoms with E-state index in [1.807, 2.05) is 42.7 Å². The molecule has 3 rings (SSSR count). The van der Waals surface area contributed by atoms with Gasteiger partial charge in [0.1, 0.15) is 0 Å². The van der Waals surface area contributed by atoms with Crippen LogP contribution in [0.25, 0.3) is 10.8 Å². The fourth-order valence-electron chi connectivity index (χ4n) is 2.15. The lowest BCUT2D eigenvalue weighted by molar-refractivity contribution is 1.13. The number of hydrogen-bond donors (Lipinski definition) is 1. The predicted molar refractivity (Wildman–Crippen MR) is 88.2 cm³/mol. The molecule has 0 aliphatic rings. The Hall–Kier alpha value is -1.58. The van der Waals surface area contributed by atoms with Crippen molar-refractivity contribution < 1.29 is 0 Å². The van der Waals surface area contributed by atoms with Crippen LogP contribution in [0.3, 0.4) is 0 Å². The van der Waals surface area contributed by atoms with Gasteiger partial charge in [-0.25, -0.2) is 0 Å². The molecule has 1 N–H and O–H groups in total. The first-order valence-electron chi connectivity index (χ1n) is 6.25. The van der Waals surface area contributed by atoms with Crippen LogP contribution in [0.5, 0.6) is 0 Å². The molecule has 0 atom stereocenters. The van der Waals surface area contributed by atoms with E-state index in [2.05, 4.69) is 38.4 Å². The maximum Gasteiger partial charge on any atom is 0.0593 e. The number of rotatable bonds is 3. The van der Waals surface area contributed by atoms with E-state index < -0.39 is 0 Å². The largest absolute Gasteiger partial charge is 0.380 e. The van der Waals surface area contributed by atoms with Crippen molar-refractivity contribution in [2.75, 3.05) is 5.32 Å². The average molecular weight is 348 g/mol. The number of anilines is 1. The summed E-state index contributed by atoms with van der Waals surface area (Å²) in [6.45, 7) is 0.702. The minimum Gasteiger partial charge on any atom is -0.380 e. The van der Waals surface area contributed by atoms with Gasteiger partial charge < -0.3 is 5.32 Å². The predicted octanol–water partition coefficient (Wildman–Crippen LogP) is 5.26. The highest BCUT2D eigenvalue weighted by atomic mass is 79.9. The van der Waals surface area contributed by atoms with E-state index in [1.165, 1.54) is 5.39 Å². The number of nitrogens with zero attached hydrogens (tertiary/aromatic N) is 1. The Bertz CT molecular complexity index is 753. The lowest BCUT2D eigenvalue weighted by Gasteiger charge is -2.11. The smallest absolute Gasteiger partial charge is 0.0593 e. The molecule has 0 spiro atoms. The van der Waals surface area contributed by atoms with E-state index >= 15 is 0 Å². The summed E-state index contributed by atoms with van der Waals surface area (Å²) in [5, 5.41) is 6.46. The van der Waals surface area contributed by atoms with Gasteiger partial charge in [-0.1, -0.05) is 41.9 Å². The Labute approximate surface area is 130 Å². The first-order chi connectivity index (χ1) is 9.75. The molecule has 100 valence electrons. The number of benzene rings is 2. The summed E-state index contributed by atoms with van der Waals surface area (Å²) < 4.78 is 0.884. The first-order valence-corrected chi connectivity index (χ1v) is 7.42. The van der Waals surface area contributed by atoms with Crippen molar-refractivity contribution in [2.24, 2.45) is 0 Å². The molecule has 4 heteroatoms. The molecule has 0 unspecified atom stereocenters. The zero-order chi connectivity index (χ0) is 13.9. The molecule has 3 aromatic rings. The second-order valence-corrected chi connectivity index (χ2v) is 5.67. The van der Waals surface area contributed by atoms with Gasteiger partial charge in [-0.05, 0) is 39.0 Å². The van der Waals surface area contributed by atoms with Crippen molar-refractivity contribution in [1.29, 1.82) is 0 Å². The summed E-state index contributed by atoms with van der Waals surface area (Å²) in [7, 11) is 0. The van der Waals surface area contributed by atoms with Gasteiger partial charge in [-0.15, -0.1) is 0 Å². The summed E-state index contributed by atoms with van der Waals surface area (Å²) >= 11 is 9.58. The van der Waals surface area contributed by atoms with Gasteiger partial charge in [0, 0.05) is 24.3 Å². The molecule has 1 aromatic heterocycles. The molecule has 0 saturated carbocycles. The molecule has 1 heterocycles. The van der Waals surface area contributed by atoms with Crippen molar-refractivity contribution in [3.05, 3.63) is 69.9 Å². The van der Waals surface area contributed by atoms with Crippen molar-refractivity contribution in [3.8, 4) is 0 Å². The summed E-state index contributed by atoms with van der Waals surface area (Å²) in [6, 6.07) is 14.0. The summed E-state index contributed by atoms with van der Waals surface area (Å²) in [6.07, 6.45) is 3.78. The van der Waals surface area contributed by atoms with Crippen LogP contribution < -0.4 is 5.32 Å². The van der Waals surface area contributed by atoms with Gasteiger partial charge in [0.05, 0.1) is 15.2 Å². The van der Waals surface area contributed by atoms with Crippen molar-refractivity contribution in [2.45, 2.75) is 6.54 Å². The monoisotopic (exact) mass is 346 g/mol. The van der Waals surface area contributed by atoms with Crippen LogP contribution in [0.1, 0.15) is 5.56 Å². The van der Waals surface area contributed by atoms with E-state index in [0.717, 1.165) is 21.1 Å². The normalized spacial score (nSPS) is 10.7. The molecule has 20 heavy (non-hydrogen) atoms. The van der Waals surface area contributed by atoms with E-state index in [9.17, 15) is 0 Å². The van der Waals surface area contributed by atoms with Crippen molar-refractivity contribution >= 4 is 44.0 Å². The van der Waals surface area contributed by atoms with Crippen LogP contribution in [0.2, 0.25) is 5.02 Å². The van der Waals surface area contributed by atoms with Gasteiger partial charge in [0.15, 0.2) is 0 Å². The van der Waals surface area contributed by atoms with Gasteiger partial charge in [0.25, 0.3) is 0 Å². The lowest BCUT2D eigenvalue weighted by atomic mass is 10.1. The van der Waals surface area contributed by atoms with Gasteiger partial charge in [0.2, 0.25) is 0 Å². The highest BCUT2D eigenvalue weighted by Crippen LogP contribution is 2.30. The van der Waals surface area contributed by atoms with Gasteiger partial charge >= 0.3 is 0 Å². The lowest BCUT2D eigenvalue weighted by Crippen LogP contribution is -2.01. The second-order valence-electron chi connectivity index (χ2n) is 4.47. The van der Waals surface area contributed by atoms with Crippen LogP contribution in [0, 0.1) is 0 Å². The molecule has 0 bridgehead atoms. The summed E-state index contributed by atoms with van der Waals surface area (Å²) in [5.74, 6) is 0. The second kappa shape index (κ2) is 5.81. The van der Waals surface area contributed by atoms with E-state index in [1.54, 1.807) is 0 Å². The van der Waals surface area contributed by atoms with E-state index in [-0.39, 0.29) is 0 Å². The third kappa shape index (κ3) is 2.65. The van der Waals surface area contributed by atoms with Crippen molar-refractivity contribution in [3.63, 3.8) is 0 Å². The molecule has 2 nitrogen and oxygen atoms in total. The minimum absolute atomic E-state index is 0.700. The minimum atomic E-state index is 0.700. The highest BCUT2D eigenvalue weighted by Gasteiger charge is 2.05. The Balaban J connectivity index is 1.89. The summed E-state index contributed by atoms with van der Waals surface area (Å²) in [4.78, 5) is 4.29. The van der Waals surface area contributed by atoms with Crippen LogP contribution in [-0.2, 0) is 6.54 Å². The molecular weight excluding hydrogens is 336 g/mol. The Morgan fingerprint density at radius 2 is 1.90 bits per heavy atom. The average Bonchev–Trinajstić information content (AvgIpc) is 2.49. The number of pyridine rings is 1. The molecule has 0 fully saturated rings. The third-order valence-corrected chi connectivity index (χ3v) is 4.57. The molecule has 0 amide bonds. The van der Waals surface area contributed by atoms with Gasteiger partial charge in [-0.3, -0.25) is 4.98 Å². The maximum atomic E-state index is 6.09.